The summed E-state index contributed by atoms with van der Waals surface area (Å²) in [6.07, 6.45) is 0. The molecule has 2 heterocycles. The van der Waals surface area contributed by atoms with Crippen LogP contribution in [0.25, 0.3) is 99.5 Å². The first-order valence-electron chi connectivity index (χ1n) is 26.6. The lowest BCUT2D eigenvalue weighted by Crippen LogP contribution is -2.43. The lowest BCUT2D eigenvalue weighted by molar-refractivity contribution is 0.632. The SMILES string of the molecule is c1ccc(-c2ccc3c(c2)c2ccccc2n3-c2cccc3c2-c2ccccc2C32c3ccccc3C3(c4ccccc4-c4c(-n5c6ccccc6c6cc(-c7ccccc7)ccc65)cccc43)c3ccccc32)cc1. The molecular weight excluding hydrogens is 917 g/mol. The molecule has 2 spiro atoms. The fourth-order valence-corrected chi connectivity index (χ4v) is 14.8. The molecule has 0 fully saturated rings. The Morgan fingerprint density at radius 1 is 0.211 bits per heavy atom. The summed E-state index contributed by atoms with van der Waals surface area (Å²) in [5, 5.41) is 5.00. The Morgan fingerprint density at radius 2 is 0.539 bits per heavy atom. The van der Waals surface area contributed by atoms with Gasteiger partial charge in [-0.2, -0.15) is 0 Å². The Bertz CT molecular complexity index is 4410. The summed E-state index contributed by atoms with van der Waals surface area (Å²) in [7, 11) is 0. The fraction of sp³-hybridized carbons (Fsp3) is 0.0270. The van der Waals surface area contributed by atoms with E-state index in [9.17, 15) is 0 Å². The van der Waals surface area contributed by atoms with Gasteiger partial charge in [0.15, 0.2) is 0 Å². The Labute approximate surface area is 440 Å². The Hall–Kier alpha value is -9.76. The highest BCUT2D eigenvalue weighted by Gasteiger charge is 2.59. The highest BCUT2D eigenvalue weighted by Crippen LogP contribution is 2.68. The van der Waals surface area contributed by atoms with Crippen molar-refractivity contribution < 1.29 is 0 Å². The van der Waals surface area contributed by atoms with Crippen LogP contribution in [0.2, 0.25) is 0 Å². The third-order valence-electron chi connectivity index (χ3n) is 17.6. The van der Waals surface area contributed by atoms with E-state index in [2.05, 4.69) is 288 Å². The van der Waals surface area contributed by atoms with E-state index >= 15 is 0 Å². The van der Waals surface area contributed by atoms with E-state index in [1.807, 2.05) is 0 Å². The normalized spacial score (nSPS) is 16.5. The van der Waals surface area contributed by atoms with Crippen molar-refractivity contribution in [3.05, 3.63) is 324 Å². The predicted molar refractivity (Wildman–Crippen MR) is 314 cm³/mol. The molecule has 3 aliphatic carbocycles. The molecule has 0 amide bonds. The molecule has 0 saturated carbocycles. The third-order valence-corrected chi connectivity index (χ3v) is 17.6. The van der Waals surface area contributed by atoms with E-state index in [1.165, 1.54) is 144 Å². The quantitative estimate of drug-likeness (QED) is 0.166. The summed E-state index contributed by atoms with van der Waals surface area (Å²) in [5.41, 5.74) is 26.5. The van der Waals surface area contributed by atoms with Crippen LogP contribution >= 0.6 is 0 Å². The summed E-state index contributed by atoms with van der Waals surface area (Å²) >= 11 is 0. The molecule has 352 valence electrons. The molecule has 0 radical (unpaired) electrons. The number of benzene rings is 12. The number of hydrogen-bond acceptors (Lipinski definition) is 0. The maximum absolute atomic E-state index is 2.54. The summed E-state index contributed by atoms with van der Waals surface area (Å²) in [6, 6.07) is 105. The first kappa shape index (κ1) is 41.7. The zero-order chi connectivity index (χ0) is 49.7. The molecule has 2 heteroatoms. The van der Waals surface area contributed by atoms with Crippen molar-refractivity contribution in [3.63, 3.8) is 0 Å². The summed E-state index contributed by atoms with van der Waals surface area (Å²) in [4.78, 5) is 0. The molecule has 17 rings (SSSR count). The first-order chi connectivity index (χ1) is 37.7. The van der Waals surface area contributed by atoms with Crippen LogP contribution in [0, 0.1) is 0 Å². The molecular formula is C74H46N2. The van der Waals surface area contributed by atoms with E-state index in [0.29, 0.717) is 0 Å². The zero-order valence-corrected chi connectivity index (χ0v) is 41.5. The molecule has 0 unspecified atom stereocenters. The maximum atomic E-state index is 2.54. The summed E-state index contributed by atoms with van der Waals surface area (Å²) < 4.78 is 5.08. The molecule has 2 nitrogen and oxygen atoms in total. The molecule has 12 aromatic carbocycles. The molecule has 0 aliphatic heterocycles. The lowest BCUT2D eigenvalue weighted by atomic mass is 9.52. The molecule has 76 heavy (non-hydrogen) atoms. The van der Waals surface area contributed by atoms with E-state index in [-0.39, 0.29) is 0 Å². The third kappa shape index (κ3) is 5.20. The van der Waals surface area contributed by atoms with Gasteiger partial charge in [-0.3, -0.25) is 0 Å². The second-order valence-corrected chi connectivity index (χ2v) is 21.0. The van der Waals surface area contributed by atoms with Gasteiger partial charge in [-0.15, -0.1) is 0 Å². The van der Waals surface area contributed by atoms with Crippen LogP contribution in [0.5, 0.6) is 0 Å². The number of aromatic nitrogens is 2. The van der Waals surface area contributed by atoms with Crippen LogP contribution in [-0.2, 0) is 10.8 Å². The molecule has 0 bridgehead atoms. The van der Waals surface area contributed by atoms with Gasteiger partial charge in [0, 0.05) is 32.7 Å². The van der Waals surface area contributed by atoms with E-state index in [4.69, 9.17) is 0 Å². The van der Waals surface area contributed by atoms with Gasteiger partial charge in [0.1, 0.15) is 0 Å². The Morgan fingerprint density at radius 3 is 0.961 bits per heavy atom. The van der Waals surface area contributed by atoms with Crippen LogP contribution in [0.15, 0.2) is 279 Å². The molecule has 0 atom stereocenters. The van der Waals surface area contributed by atoms with Gasteiger partial charge in [-0.1, -0.05) is 231 Å². The molecule has 2 aromatic heterocycles. The van der Waals surface area contributed by atoms with Crippen molar-refractivity contribution in [2.24, 2.45) is 0 Å². The van der Waals surface area contributed by atoms with Crippen molar-refractivity contribution in [1.82, 2.24) is 9.13 Å². The van der Waals surface area contributed by atoms with Crippen LogP contribution in [0.4, 0.5) is 0 Å². The molecule has 0 saturated heterocycles. The predicted octanol–water partition coefficient (Wildman–Crippen LogP) is 18.3. The average molecular weight is 963 g/mol. The highest BCUT2D eigenvalue weighted by molar-refractivity contribution is 6.13. The fourth-order valence-electron chi connectivity index (χ4n) is 14.8. The van der Waals surface area contributed by atoms with Crippen molar-refractivity contribution in [2.75, 3.05) is 0 Å². The van der Waals surface area contributed by atoms with Gasteiger partial charge < -0.3 is 9.13 Å². The minimum Gasteiger partial charge on any atom is -0.309 e. The second kappa shape index (κ2) is 15.4. The number of hydrogen-bond donors (Lipinski definition) is 0. The van der Waals surface area contributed by atoms with Crippen LogP contribution in [0.1, 0.15) is 44.5 Å². The smallest absolute Gasteiger partial charge is 0.0720 e. The number of fused-ring (bicyclic) bond motifs is 22. The largest absolute Gasteiger partial charge is 0.309 e. The number of para-hydroxylation sites is 2. The van der Waals surface area contributed by atoms with Gasteiger partial charge in [0.05, 0.1) is 44.3 Å². The van der Waals surface area contributed by atoms with Crippen LogP contribution in [-0.4, -0.2) is 9.13 Å². The van der Waals surface area contributed by atoms with Gasteiger partial charge in [-0.05, 0) is 126 Å². The van der Waals surface area contributed by atoms with Crippen LogP contribution < -0.4 is 0 Å². The second-order valence-electron chi connectivity index (χ2n) is 21.0. The minimum atomic E-state index is -0.627. The van der Waals surface area contributed by atoms with Crippen molar-refractivity contribution in [3.8, 4) is 55.9 Å². The number of nitrogens with zero attached hydrogens (tertiary/aromatic N) is 2. The van der Waals surface area contributed by atoms with Crippen LogP contribution in [0.3, 0.4) is 0 Å². The Kier molecular flexibility index (Phi) is 8.44. The van der Waals surface area contributed by atoms with E-state index in [1.54, 1.807) is 0 Å². The van der Waals surface area contributed by atoms with Crippen molar-refractivity contribution in [2.45, 2.75) is 10.8 Å². The first-order valence-corrected chi connectivity index (χ1v) is 26.6. The minimum absolute atomic E-state index is 0.627. The zero-order valence-electron chi connectivity index (χ0n) is 41.5. The topological polar surface area (TPSA) is 9.86 Å². The monoisotopic (exact) mass is 962 g/mol. The van der Waals surface area contributed by atoms with E-state index < -0.39 is 10.8 Å². The van der Waals surface area contributed by atoms with E-state index in [0.717, 1.165) is 0 Å². The average Bonchev–Trinajstić information content (AvgIpc) is 3.13. The molecule has 0 N–H and O–H groups in total. The number of rotatable bonds is 4. The summed E-state index contributed by atoms with van der Waals surface area (Å²) in [6.45, 7) is 0. The lowest BCUT2D eigenvalue weighted by Gasteiger charge is -2.48. The standard InChI is InChI=1S/C74H46N2/c1-3-21-47(22-4-1)49-41-43-67-55(45-49)51-25-9-17-37-65(51)75(67)69-39-19-35-63-71(69)53-27-7-11-29-57(53)73(63)59-31-13-15-33-61(59)74(62-34-16-14-32-60(62)73)58-30-12-8-28-54(58)72-64(74)36-20-40-70(72)76-66-38-18-10-26-52(66)56-46-50(42-44-68(56)76)48-23-5-2-6-24-48/h1-46H. The molecule has 14 aromatic rings. The van der Waals surface area contributed by atoms with Gasteiger partial charge in [0.2, 0.25) is 0 Å². The highest BCUT2D eigenvalue weighted by atomic mass is 15.0. The van der Waals surface area contributed by atoms with Gasteiger partial charge >= 0.3 is 0 Å². The van der Waals surface area contributed by atoms with Crippen molar-refractivity contribution >= 4 is 43.6 Å². The van der Waals surface area contributed by atoms with Gasteiger partial charge in [-0.25, -0.2) is 0 Å². The summed E-state index contributed by atoms with van der Waals surface area (Å²) in [5.74, 6) is 0. The molecule has 3 aliphatic rings. The Balaban J connectivity index is 0.938. The maximum Gasteiger partial charge on any atom is 0.0720 e. The van der Waals surface area contributed by atoms with Gasteiger partial charge in [0.25, 0.3) is 0 Å². The van der Waals surface area contributed by atoms with Crippen molar-refractivity contribution in [1.29, 1.82) is 0 Å².